The van der Waals surface area contributed by atoms with Crippen molar-refractivity contribution in [1.29, 1.82) is 0 Å². The van der Waals surface area contributed by atoms with Crippen LogP contribution in [-0.4, -0.2) is 35.7 Å². The van der Waals surface area contributed by atoms with E-state index in [2.05, 4.69) is 50.5 Å². The topological polar surface area (TPSA) is 69.5 Å². The molecule has 0 saturated carbocycles. The SMILES string of the molecule is CCNC(=NCc1sc(-c2ccccc2)nc1C)NCC(CC)(CC)CCO. The second kappa shape index (κ2) is 11.2. The average Bonchev–Trinajstić information content (AvgIpc) is 3.10. The first-order chi connectivity index (χ1) is 13.6. The Morgan fingerprint density at radius 3 is 2.46 bits per heavy atom. The molecule has 2 aromatic rings. The highest BCUT2D eigenvalue weighted by Crippen LogP contribution is 2.30. The van der Waals surface area contributed by atoms with Crippen LogP contribution in [0.5, 0.6) is 0 Å². The summed E-state index contributed by atoms with van der Waals surface area (Å²) in [6, 6.07) is 10.3. The summed E-state index contributed by atoms with van der Waals surface area (Å²) in [4.78, 5) is 10.7. The van der Waals surface area contributed by atoms with Gasteiger partial charge in [0.25, 0.3) is 0 Å². The highest BCUT2D eigenvalue weighted by atomic mass is 32.1. The van der Waals surface area contributed by atoms with Gasteiger partial charge in [-0.05, 0) is 38.5 Å². The molecule has 6 heteroatoms. The number of nitrogens with zero attached hydrogens (tertiary/aromatic N) is 2. The molecule has 1 aromatic carbocycles. The molecule has 5 nitrogen and oxygen atoms in total. The zero-order valence-electron chi connectivity index (χ0n) is 17.6. The van der Waals surface area contributed by atoms with Crippen LogP contribution in [0.15, 0.2) is 35.3 Å². The number of thiazole rings is 1. The molecule has 0 spiro atoms. The van der Waals surface area contributed by atoms with Gasteiger partial charge in [0.05, 0.1) is 12.2 Å². The molecule has 3 N–H and O–H groups in total. The fraction of sp³-hybridized carbons (Fsp3) is 0.545. The van der Waals surface area contributed by atoms with Crippen LogP contribution in [0.3, 0.4) is 0 Å². The molecule has 28 heavy (non-hydrogen) atoms. The minimum atomic E-state index is 0.103. The van der Waals surface area contributed by atoms with E-state index in [1.165, 1.54) is 4.88 Å². The molecule has 0 aliphatic heterocycles. The first kappa shape index (κ1) is 22.4. The predicted octanol–water partition coefficient (Wildman–Crippen LogP) is 4.36. The molecule has 2 rings (SSSR count). The first-order valence-corrected chi connectivity index (χ1v) is 11.0. The zero-order chi connectivity index (χ0) is 20.4. The van der Waals surface area contributed by atoms with E-state index in [0.717, 1.165) is 54.6 Å². The van der Waals surface area contributed by atoms with Gasteiger partial charge in [-0.15, -0.1) is 11.3 Å². The molecule has 0 aliphatic carbocycles. The molecular formula is C22H34N4OS. The lowest BCUT2D eigenvalue weighted by molar-refractivity contribution is 0.169. The van der Waals surface area contributed by atoms with Crippen LogP contribution >= 0.6 is 11.3 Å². The Balaban J connectivity index is 2.09. The van der Waals surface area contributed by atoms with Crippen LogP contribution in [0.25, 0.3) is 10.6 Å². The lowest BCUT2D eigenvalue weighted by atomic mass is 9.79. The van der Waals surface area contributed by atoms with E-state index < -0.39 is 0 Å². The maximum atomic E-state index is 9.43. The number of aliphatic imine (C=N–C) groups is 1. The standard InChI is InChI=1S/C22H34N4OS/c1-5-22(6-2,13-14-27)16-25-21(23-7-3)24-15-19-17(4)26-20(28-19)18-11-9-8-10-12-18/h8-12,27H,5-7,13-16H2,1-4H3,(H2,23,24,25). The number of nitrogens with one attached hydrogen (secondary N) is 2. The number of aryl methyl sites for hydroxylation is 1. The Bertz CT molecular complexity index is 738. The number of aliphatic hydroxyl groups excluding tert-OH is 1. The lowest BCUT2D eigenvalue weighted by Gasteiger charge is -2.32. The van der Waals surface area contributed by atoms with Crippen LogP contribution in [0.1, 0.15) is 50.6 Å². The lowest BCUT2D eigenvalue weighted by Crippen LogP contribution is -2.43. The normalized spacial score (nSPS) is 12.2. The van der Waals surface area contributed by atoms with Crippen molar-refractivity contribution in [2.45, 2.75) is 53.5 Å². The molecule has 0 radical (unpaired) electrons. The Morgan fingerprint density at radius 2 is 1.86 bits per heavy atom. The number of aliphatic hydroxyl groups is 1. The molecule has 0 atom stereocenters. The van der Waals surface area contributed by atoms with Gasteiger partial charge in [0.1, 0.15) is 5.01 Å². The van der Waals surface area contributed by atoms with Crippen molar-refractivity contribution in [3.8, 4) is 10.6 Å². The van der Waals surface area contributed by atoms with Crippen LogP contribution in [0.2, 0.25) is 0 Å². The van der Waals surface area contributed by atoms with Crippen LogP contribution in [0.4, 0.5) is 0 Å². The predicted molar refractivity (Wildman–Crippen MR) is 120 cm³/mol. The van der Waals surface area contributed by atoms with Gasteiger partial charge >= 0.3 is 0 Å². The van der Waals surface area contributed by atoms with Gasteiger partial charge in [-0.1, -0.05) is 44.2 Å². The summed E-state index contributed by atoms with van der Waals surface area (Å²) in [6.07, 6.45) is 2.87. The molecule has 0 amide bonds. The molecule has 0 bridgehead atoms. The highest BCUT2D eigenvalue weighted by Gasteiger charge is 2.25. The highest BCUT2D eigenvalue weighted by molar-refractivity contribution is 7.15. The summed E-state index contributed by atoms with van der Waals surface area (Å²) in [5.74, 6) is 0.820. The molecule has 0 aliphatic rings. The number of aromatic nitrogens is 1. The number of rotatable bonds is 10. The maximum Gasteiger partial charge on any atom is 0.191 e. The van der Waals surface area contributed by atoms with Crippen LogP contribution in [-0.2, 0) is 6.54 Å². The first-order valence-electron chi connectivity index (χ1n) is 10.2. The summed E-state index contributed by atoms with van der Waals surface area (Å²) in [6.45, 7) is 11.0. The van der Waals surface area contributed by atoms with Crippen molar-refractivity contribution < 1.29 is 5.11 Å². The maximum absolute atomic E-state index is 9.43. The Kier molecular flexibility index (Phi) is 8.93. The summed E-state index contributed by atoms with van der Waals surface area (Å²) in [5.41, 5.74) is 2.29. The minimum Gasteiger partial charge on any atom is -0.396 e. The van der Waals surface area contributed by atoms with Crippen molar-refractivity contribution in [3.05, 3.63) is 40.9 Å². The molecule has 0 unspecified atom stereocenters. The second-order valence-corrected chi connectivity index (χ2v) is 8.21. The van der Waals surface area contributed by atoms with Crippen molar-refractivity contribution in [2.75, 3.05) is 19.7 Å². The number of hydrogen-bond acceptors (Lipinski definition) is 4. The third-order valence-corrected chi connectivity index (χ3v) is 6.60. The van der Waals surface area contributed by atoms with E-state index in [-0.39, 0.29) is 12.0 Å². The summed E-state index contributed by atoms with van der Waals surface area (Å²) < 4.78 is 0. The van der Waals surface area contributed by atoms with Crippen LogP contribution < -0.4 is 10.6 Å². The van der Waals surface area contributed by atoms with Gasteiger partial charge in [0.15, 0.2) is 5.96 Å². The van der Waals surface area contributed by atoms with Crippen molar-refractivity contribution >= 4 is 17.3 Å². The van der Waals surface area contributed by atoms with Crippen molar-refractivity contribution in [3.63, 3.8) is 0 Å². The van der Waals surface area contributed by atoms with E-state index in [1.807, 2.05) is 18.2 Å². The number of benzene rings is 1. The van der Waals surface area contributed by atoms with Crippen molar-refractivity contribution in [1.82, 2.24) is 15.6 Å². The molecule has 0 saturated heterocycles. The van der Waals surface area contributed by atoms with Gasteiger partial charge in [-0.2, -0.15) is 0 Å². The van der Waals surface area contributed by atoms with E-state index in [1.54, 1.807) is 11.3 Å². The van der Waals surface area contributed by atoms with E-state index in [9.17, 15) is 5.11 Å². The average molecular weight is 403 g/mol. The Labute approximate surface area is 173 Å². The van der Waals surface area contributed by atoms with Gasteiger partial charge < -0.3 is 15.7 Å². The Hall–Kier alpha value is -1.92. The molecular weight excluding hydrogens is 368 g/mol. The van der Waals surface area contributed by atoms with Crippen molar-refractivity contribution in [2.24, 2.45) is 10.4 Å². The fourth-order valence-electron chi connectivity index (χ4n) is 3.22. The molecule has 1 heterocycles. The summed E-state index contributed by atoms with van der Waals surface area (Å²) in [5, 5.41) is 17.3. The second-order valence-electron chi connectivity index (χ2n) is 7.12. The van der Waals surface area contributed by atoms with Crippen LogP contribution in [0, 0.1) is 12.3 Å². The molecule has 0 fully saturated rings. The minimum absolute atomic E-state index is 0.103. The monoisotopic (exact) mass is 402 g/mol. The van der Waals surface area contributed by atoms with Gasteiger partial charge in [-0.25, -0.2) is 9.98 Å². The molecule has 1 aromatic heterocycles. The largest absolute Gasteiger partial charge is 0.396 e. The fourth-order valence-corrected chi connectivity index (χ4v) is 4.21. The van der Waals surface area contributed by atoms with E-state index >= 15 is 0 Å². The van der Waals surface area contributed by atoms with E-state index in [0.29, 0.717) is 6.54 Å². The van der Waals surface area contributed by atoms with Gasteiger partial charge in [0.2, 0.25) is 0 Å². The van der Waals surface area contributed by atoms with Gasteiger partial charge in [0, 0.05) is 30.1 Å². The molecule has 154 valence electrons. The third-order valence-electron chi connectivity index (χ3n) is 5.41. The summed E-state index contributed by atoms with van der Waals surface area (Å²) in [7, 11) is 0. The number of guanidine groups is 1. The van der Waals surface area contributed by atoms with E-state index in [4.69, 9.17) is 9.98 Å². The quantitative estimate of drug-likeness (QED) is 0.408. The number of hydrogen-bond donors (Lipinski definition) is 3. The smallest absolute Gasteiger partial charge is 0.191 e. The third kappa shape index (κ3) is 6.04. The summed E-state index contributed by atoms with van der Waals surface area (Å²) >= 11 is 1.71. The zero-order valence-corrected chi connectivity index (χ0v) is 18.4. The Morgan fingerprint density at radius 1 is 1.14 bits per heavy atom. The van der Waals surface area contributed by atoms with Gasteiger partial charge in [-0.3, -0.25) is 0 Å².